The van der Waals surface area contributed by atoms with Gasteiger partial charge in [0.05, 0.1) is 6.20 Å². The quantitative estimate of drug-likeness (QED) is 0.486. The Labute approximate surface area is 60.9 Å². The van der Waals surface area contributed by atoms with Crippen LogP contribution in [0.2, 0.25) is 0 Å². The minimum Gasteiger partial charge on any atom is -0.425 e. The molecule has 1 amide bonds. The Morgan fingerprint density at radius 1 is 1.73 bits per heavy atom. The number of primary amides is 1. The third kappa shape index (κ3) is 1.18. The highest BCUT2D eigenvalue weighted by Gasteiger charge is 2.08. The number of nitrogens with zero attached hydrogens (tertiary/aromatic N) is 2. The third-order valence-corrected chi connectivity index (χ3v) is 1.06. The first-order valence-electron chi connectivity index (χ1n) is 2.69. The van der Waals surface area contributed by atoms with Crippen LogP contribution in [0.5, 0.6) is 0 Å². The Balaban J connectivity index is 3.40. The fourth-order valence-corrected chi connectivity index (χ4v) is 0.571. The molecule has 58 valence electrons. The lowest BCUT2D eigenvalue weighted by molar-refractivity contribution is 0.0985. The lowest BCUT2D eigenvalue weighted by Gasteiger charge is -1.94. The summed E-state index contributed by atoms with van der Waals surface area (Å²) in [5, 5.41) is 8.71. The van der Waals surface area contributed by atoms with Gasteiger partial charge < -0.3 is 10.9 Å². The molecule has 0 saturated heterocycles. The van der Waals surface area contributed by atoms with Crippen LogP contribution in [0, 0.1) is 0 Å². The molecule has 0 aliphatic rings. The molecular formula is C5H5N3O3. The third-order valence-electron chi connectivity index (χ3n) is 1.06. The number of carbonyl (C=O) groups excluding carboxylic acids is 1. The van der Waals surface area contributed by atoms with Gasteiger partial charge in [0, 0.05) is 6.20 Å². The van der Waals surface area contributed by atoms with Gasteiger partial charge in [0.25, 0.3) is 5.91 Å². The van der Waals surface area contributed by atoms with Crippen molar-refractivity contribution in [2.24, 2.45) is 5.73 Å². The van der Waals surface area contributed by atoms with Gasteiger partial charge in [-0.25, -0.2) is 4.98 Å². The van der Waals surface area contributed by atoms with Crippen LogP contribution in [0.3, 0.4) is 0 Å². The molecule has 0 aliphatic carbocycles. The van der Waals surface area contributed by atoms with Crippen LogP contribution in [0.1, 0.15) is 10.5 Å². The number of hydrogen-bond acceptors (Lipinski definition) is 4. The van der Waals surface area contributed by atoms with E-state index in [9.17, 15) is 9.59 Å². The minimum atomic E-state index is -0.960. The van der Waals surface area contributed by atoms with Gasteiger partial charge in [-0.15, -0.1) is 0 Å². The molecule has 1 aromatic heterocycles. The summed E-state index contributed by atoms with van der Waals surface area (Å²) in [6.45, 7) is 0. The molecule has 1 heterocycles. The van der Waals surface area contributed by atoms with E-state index in [4.69, 9.17) is 10.9 Å². The summed E-state index contributed by atoms with van der Waals surface area (Å²) in [6.07, 6.45) is 2.11. The van der Waals surface area contributed by atoms with Gasteiger partial charge in [0.2, 0.25) is 0 Å². The van der Waals surface area contributed by atoms with Crippen molar-refractivity contribution in [1.29, 1.82) is 0 Å². The SMILES string of the molecule is NC(=O)c1nccn(O)c1=O. The number of aromatic nitrogens is 2. The molecule has 6 heteroatoms. The van der Waals surface area contributed by atoms with E-state index in [0.717, 1.165) is 12.4 Å². The second kappa shape index (κ2) is 2.41. The summed E-state index contributed by atoms with van der Waals surface area (Å²) in [5.41, 5.74) is 3.36. The average Bonchev–Trinajstić information content (AvgIpc) is 1.94. The molecule has 1 rings (SSSR count). The molecule has 11 heavy (non-hydrogen) atoms. The van der Waals surface area contributed by atoms with Crippen LogP contribution >= 0.6 is 0 Å². The predicted octanol–water partition coefficient (Wildman–Crippen LogP) is -1.42. The monoisotopic (exact) mass is 155 g/mol. The van der Waals surface area contributed by atoms with Gasteiger partial charge in [-0.2, -0.15) is 4.73 Å². The Kier molecular flexibility index (Phi) is 1.59. The van der Waals surface area contributed by atoms with E-state index in [-0.39, 0.29) is 4.73 Å². The Morgan fingerprint density at radius 2 is 2.36 bits per heavy atom. The lowest BCUT2D eigenvalue weighted by Crippen LogP contribution is -2.29. The number of carbonyl (C=O) groups is 1. The smallest absolute Gasteiger partial charge is 0.314 e. The number of amides is 1. The molecule has 0 radical (unpaired) electrons. The highest BCUT2D eigenvalue weighted by molar-refractivity contribution is 5.90. The lowest BCUT2D eigenvalue weighted by atomic mass is 10.4. The maximum Gasteiger partial charge on any atom is 0.314 e. The van der Waals surface area contributed by atoms with Gasteiger partial charge in [0.15, 0.2) is 5.69 Å². The Hall–Kier alpha value is -1.85. The van der Waals surface area contributed by atoms with Gasteiger partial charge in [-0.1, -0.05) is 0 Å². The van der Waals surface area contributed by atoms with E-state index in [1.54, 1.807) is 0 Å². The Morgan fingerprint density at radius 3 is 2.82 bits per heavy atom. The van der Waals surface area contributed by atoms with Crippen molar-refractivity contribution in [3.05, 3.63) is 28.4 Å². The van der Waals surface area contributed by atoms with E-state index in [1.165, 1.54) is 0 Å². The van der Waals surface area contributed by atoms with Crippen LogP contribution in [0.15, 0.2) is 17.2 Å². The summed E-state index contributed by atoms with van der Waals surface area (Å²) < 4.78 is 0.243. The molecule has 0 fully saturated rings. The summed E-state index contributed by atoms with van der Waals surface area (Å²) in [6, 6.07) is 0. The molecule has 0 spiro atoms. The number of rotatable bonds is 1. The van der Waals surface area contributed by atoms with Crippen molar-refractivity contribution in [2.75, 3.05) is 0 Å². The van der Waals surface area contributed by atoms with Crippen molar-refractivity contribution in [3.8, 4) is 0 Å². The zero-order chi connectivity index (χ0) is 8.43. The average molecular weight is 155 g/mol. The molecule has 0 aliphatic heterocycles. The first-order valence-corrected chi connectivity index (χ1v) is 2.69. The minimum absolute atomic E-state index is 0.243. The Bertz CT molecular complexity index is 343. The summed E-state index contributed by atoms with van der Waals surface area (Å²) in [4.78, 5) is 24.5. The van der Waals surface area contributed by atoms with Crippen LogP contribution in [0.4, 0.5) is 0 Å². The molecule has 6 nitrogen and oxygen atoms in total. The second-order valence-electron chi connectivity index (χ2n) is 1.79. The fraction of sp³-hybridized carbons (Fsp3) is 0. The standard InChI is InChI=1S/C5H5N3O3/c6-4(9)3-5(10)8(11)2-1-7-3/h1-2,11H,(H2,6,9). The maximum atomic E-state index is 10.8. The van der Waals surface area contributed by atoms with Crippen molar-refractivity contribution < 1.29 is 10.0 Å². The van der Waals surface area contributed by atoms with E-state index in [0.29, 0.717) is 0 Å². The molecule has 1 aromatic rings. The highest BCUT2D eigenvalue weighted by atomic mass is 16.5. The second-order valence-corrected chi connectivity index (χ2v) is 1.79. The zero-order valence-electron chi connectivity index (χ0n) is 5.39. The van der Waals surface area contributed by atoms with Crippen LogP contribution in [-0.4, -0.2) is 20.8 Å². The van der Waals surface area contributed by atoms with Gasteiger partial charge in [0.1, 0.15) is 0 Å². The molecule has 0 bridgehead atoms. The van der Waals surface area contributed by atoms with Gasteiger partial charge >= 0.3 is 5.56 Å². The first-order chi connectivity index (χ1) is 5.13. The van der Waals surface area contributed by atoms with Crippen molar-refractivity contribution in [2.45, 2.75) is 0 Å². The first kappa shape index (κ1) is 7.26. The summed E-state index contributed by atoms with van der Waals surface area (Å²) >= 11 is 0. The number of nitrogens with two attached hydrogens (primary N) is 1. The van der Waals surface area contributed by atoms with Crippen molar-refractivity contribution >= 4 is 5.91 Å². The van der Waals surface area contributed by atoms with Crippen molar-refractivity contribution in [1.82, 2.24) is 9.71 Å². The zero-order valence-corrected chi connectivity index (χ0v) is 5.39. The van der Waals surface area contributed by atoms with E-state index >= 15 is 0 Å². The van der Waals surface area contributed by atoms with Crippen LogP contribution < -0.4 is 11.3 Å². The predicted molar refractivity (Wildman–Crippen MR) is 34.2 cm³/mol. The van der Waals surface area contributed by atoms with Crippen LogP contribution in [-0.2, 0) is 0 Å². The maximum absolute atomic E-state index is 10.8. The van der Waals surface area contributed by atoms with Gasteiger partial charge in [-0.3, -0.25) is 9.59 Å². The normalized spacial score (nSPS) is 9.45. The van der Waals surface area contributed by atoms with Gasteiger partial charge in [-0.05, 0) is 0 Å². The van der Waals surface area contributed by atoms with E-state index < -0.39 is 17.2 Å². The fourth-order valence-electron chi connectivity index (χ4n) is 0.571. The molecule has 0 saturated carbocycles. The number of hydrogen-bond donors (Lipinski definition) is 2. The summed E-state index contributed by atoms with van der Waals surface area (Å²) in [7, 11) is 0. The molecular weight excluding hydrogens is 150 g/mol. The molecule has 0 unspecified atom stereocenters. The van der Waals surface area contributed by atoms with Crippen LogP contribution in [0.25, 0.3) is 0 Å². The molecule has 0 aromatic carbocycles. The summed E-state index contributed by atoms with van der Waals surface area (Å²) in [5.74, 6) is -0.960. The van der Waals surface area contributed by atoms with E-state index in [1.807, 2.05) is 0 Å². The molecule has 0 atom stereocenters. The van der Waals surface area contributed by atoms with E-state index in [2.05, 4.69) is 4.98 Å². The largest absolute Gasteiger partial charge is 0.425 e. The topological polar surface area (TPSA) is 98.2 Å². The molecule has 3 N–H and O–H groups in total. The highest BCUT2D eigenvalue weighted by Crippen LogP contribution is 1.80. The van der Waals surface area contributed by atoms with Crippen molar-refractivity contribution in [3.63, 3.8) is 0 Å².